The maximum atomic E-state index is 6.32. The van der Waals surface area contributed by atoms with Crippen LogP contribution in [0.3, 0.4) is 0 Å². The van der Waals surface area contributed by atoms with Crippen molar-refractivity contribution >= 4 is 27.9 Å². The molecule has 0 spiro atoms. The van der Waals surface area contributed by atoms with Crippen molar-refractivity contribution in [1.82, 2.24) is 14.6 Å². The average Bonchev–Trinajstić information content (AvgIpc) is 3.30. The van der Waals surface area contributed by atoms with E-state index in [9.17, 15) is 0 Å². The molecule has 2 aromatic heterocycles. The second kappa shape index (κ2) is 5.72. The summed E-state index contributed by atoms with van der Waals surface area (Å²) in [5, 5.41) is 6.33. The zero-order valence-electron chi connectivity index (χ0n) is 14.1. The van der Waals surface area contributed by atoms with Gasteiger partial charge in [0.2, 0.25) is 4.96 Å². The standard InChI is InChI=1S/C19H14ClN3O2S/c1-24-15-8-10-7-14-17(12(10)9-16(15)25-2)21-19-23(14)22-18(26-19)11-5-3-4-6-13(11)20/h3-6,8-9H,7H2,1-2H3. The van der Waals surface area contributed by atoms with Gasteiger partial charge >= 0.3 is 0 Å². The summed E-state index contributed by atoms with van der Waals surface area (Å²) in [5.74, 6) is 1.44. The lowest BCUT2D eigenvalue weighted by Gasteiger charge is -2.09. The fourth-order valence-corrected chi connectivity index (χ4v) is 4.62. The van der Waals surface area contributed by atoms with Crippen LogP contribution in [0.5, 0.6) is 11.5 Å². The summed E-state index contributed by atoms with van der Waals surface area (Å²) in [6.45, 7) is 0. The molecule has 5 rings (SSSR count). The van der Waals surface area contributed by atoms with Gasteiger partial charge in [0.1, 0.15) is 5.01 Å². The third kappa shape index (κ3) is 2.15. The summed E-state index contributed by atoms with van der Waals surface area (Å²) < 4.78 is 12.8. The van der Waals surface area contributed by atoms with Crippen molar-refractivity contribution in [3.63, 3.8) is 0 Å². The normalized spacial score (nSPS) is 12.3. The number of nitrogens with zero attached hydrogens (tertiary/aromatic N) is 3. The number of fused-ring (bicyclic) bond motifs is 5. The Bertz CT molecular complexity index is 1170. The van der Waals surface area contributed by atoms with Crippen LogP contribution in [-0.2, 0) is 6.42 Å². The molecule has 2 aromatic carbocycles. The first kappa shape index (κ1) is 15.7. The van der Waals surface area contributed by atoms with Crippen molar-refractivity contribution in [2.75, 3.05) is 14.2 Å². The average molecular weight is 384 g/mol. The van der Waals surface area contributed by atoms with Gasteiger partial charge in [-0.2, -0.15) is 5.10 Å². The molecule has 130 valence electrons. The van der Waals surface area contributed by atoms with Crippen LogP contribution < -0.4 is 9.47 Å². The fraction of sp³-hybridized carbons (Fsp3) is 0.158. The summed E-state index contributed by atoms with van der Waals surface area (Å²) in [7, 11) is 3.29. The molecular formula is C19H14ClN3O2S. The number of imidazole rings is 1. The SMILES string of the molecule is COc1cc2c(cc1OC)-c1nc3sc(-c4ccccc4Cl)nn3c1C2. The van der Waals surface area contributed by atoms with E-state index < -0.39 is 0 Å². The van der Waals surface area contributed by atoms with Crippen LogP contribution >= 0.6 is 22.9 Å². The molecule has 0 atom stereocenters. The van der Waals surface area contributed by atoms with Gasteiger partial charge in [0.25, 0.3) is 0 Å². The number of hydrogen-bond donors (Lipinski definition) is 0. The minimum atomic E-state index is 0.693. The Kier molecular flexibility index (Phi) is 3.45. The van der Waals surface area contributed by atoms with Crippen molar-refractivity contribution < 1.29 is 9.47 Å². The van der Waals surface area contributed by atoms with Crippen molar-refractivity contribution in [2.45, 2.75) is 6.42 Å². The second-order valence-electron chi connectivity index (χ2n) is 6.03. The van der Waals surface area contributed by atoms with Gasteiger partial charge in [-0.1, -0.05) is 41.1 Å². The number of methoxy groups -OCH3 is 2. The predicted molar refractivity (Wildman–Crippen MR) is 103 cm³/mol. The van der Waals surface area contributed by atoms with E-state index in [2.05, 4.69) is 0 Å². The van der Waals surface area contributed by atoms with Gasteiger partial charge in [0.05, 0.1) is 30.6 Å². The monoisotopic (exact) mass is 383 g/mol. The van der Waals surface area contributed by atoms with Crippen molar-refractivity contribution in [1.29, 1.82) is 0 Å². The lowest BCUT2D eigenvalue weighted by atomic mass is 10.1. The van der Waals surface area contributed by atoms with Crippen LogP contribution in [0.15, 0.2) is 36.4 Å². The Morgan fingerprint density at radius 2 is 1.85 bits per heavy atom. The Hall–Kier alpha value is -2.57. The number of hydrogen-bond acceptors (Lipinski definition) is 5. The molecule has 0 saturated carbocycles. The van der Waals surface area contributed by atoms with Crippen molar-refractivity contribution in [2.24, 2.45) is 0 Å². The minimum Gasteiger partial charge on any atom is -0.493 e. The Morgan fingerprint density at radius 1 is 1.08 bits per heavy atom. The topological polar surface area (TPSA) is 48.7 Å². The van der Waals surface area contributed by atoms with E-state index in [0.717, 1.165) is 44.7 Å². The van der Waals surface area contributed by atoms with Gasteiger partial charge in [0, 0.05) is 17.5 Å². The molecule has 0 unspecified atom stereocenters. The summed E-state index contributed by atoms with van der Waals surface area (Å²) in [5.41, 5.74) is 5.22. The van der Waals surface area contributed by atoms with E-state index >= 15 is 0 Å². The highest BCUT2D eigenvalue weighted by molar-refractivity contribution is 7.20. The first-order chi connectivity index (χ1) is 12.7. The molecule has 0 amide bonds. The van der Waals surface area contributed by atoms with Gasteiger partial charge < -0.3 is 9.47 Å². The van der Waals surface area contributed by atoms with E-state index in [1.165, 1.54) is 5.56 Å². The maximum Gasteiger partial charge on any atom is 0.213 e. The van der Waals surface area contributed by atoms with Gasteiger partial charge in [-0.25, -0.2) is 9.50 Å². The maximum absolute atomic E-state index is 6.32. The molecule has 5 nitrogen and oxygen atoms in total. The highest BCUT2D eigenvalue weighted by atomic mass is 35.5. The smallest absolute Gasteiger partial charge is 0.213 e. The predicted octanol–water partition coefficient (Wildman–Crippen LogP) is 4.70. The van der Waals surface area contributed by atoms with E-state index in [4.69, 9.17) is 31.2 Å². The molecule has 2 heterocycles. The largest absolute Gasteiger partial charge is 0.493 e. The molecule has 0 saturated heterocycles. The highest BCUT2D eigenvalue weighted by Crippen LogP contribution is 2.43. The van der Waals surface area contributed by atoms with E-state index in [1.807, 2.05) is 40.9 Å². The lowest BCUT2D eigenvalue weighted by molar-refractivity contribution is 0.355. The number of halogens is 1. The first-order valence-corrected chi connectivity index (χ1v) is 9.27. The van der Waals surface area contributed by atoms with Crippen LogP contribution in [0.2, 0.25) is 5.02 Å². The van der Waals surface area contributed by atoms with Crippen LogP contribution in [0, 0.1) is 0 Å². The zero-order chi connectivity index (χ0) is 17.8. The summed E-state index contributed by atoms with van der Waals surface area (Å²) >= 11 is 7.86. The highest BCUT2D eigenvalue weighted by Gasteiger charge is 2.28. The molecule has 0 aliphatic heterocycles. The summed E-state index contributed by atoms with van der Waals surface area (Å²) in [6.07, 6.45) is 0.762. The fourth-order valence-electron chi connectivity index (χ4n) is 3.38. The Labute approximate surface area is 158 Å². The van der Waals surface area contributed by atoms with Crippen molar-refractivity contribution in [3.05, 3.63) is 52.7 Å². The molecular weight excluding hydrogens is 370 g/mol. The van der Waals surface area contributed by atoms with E-state index in [0.29, 0.717) is 10.8 Å². The van der Waals surface area contributed by atoms with E-state index in [1.54, 1.807) is 25.6 Å². The molecule has 7 heteroatoms. The quantitative estimate of drug-likeness (QED) is 0.453. The third-order valence-electron chi connectivity index (χ3n) is 4.62. The Morgan fingerprint density at radius 3 is 2.62 bits per heavy atom. The first-order valence-electron chi connectivity index (χ1n) is 8.08. The number of rotatable bonds is 3. The van der Waals surface area contributed by atoms with Gasteiger partial charge in [-0.15, -0.1) is 0 Å². The van der Waals surface area contributed by atoms with Crippen LogP contribution in [-0.4, -0.2) is 28.8 Å². The lowest BCUT2D eigenvalue weighted by Crippen LogP contribution is -1.94. The van der Waals surface area contributed by atoms with Crippen molar-refractivity contribution in [3.8, 4) is 33.3 Å². The molecule has 4 aromatic rings. The molecule has 1 aliphatic rings. The number of benzene rings is 2. The molecule has 0 N–H and O–H groups in total. The van der Waals surface area contributed by atoms with Gasteiger partial charge in [0.15, 0.2) is 11.5 Å². The number of aromatic nitrogens is 3. The Balaban J connectivity index is 1.65. The zero-order valence-corrected chi connectivity index (χ0v) is 15.7. The molecule has 26 heavy (non-hydrogen) atoms. The molecule has 1 aliphatic carbocycles. The third-order valence-corrected chi connectivity index (χ3v) is 5.89. The van der Waals surface area contributed by atoms with Crippen LogP contribution in [0.1, 0.15) is 11.3 Å². The molecule has 0 radical (unpaired) electrons. The minimum absolute atomic E-state index is 0.693. The molecule has 0 bridgehead atoms. The van der Waals surface area contributed by atoms with Gasteiger partial charge in [-0.05, 0) is 23.8 Å². The summed E-state index contributed by atoms with van der Waals surface area (Å²) in [6, 6.07) is 11.7. The van der Waals surface area contributed by atoms with Crippen LogP contribution in [0.4, 0.5) is 0 Å². The van der Waals surface area contributed by atoms with E-state index in [-0.39, 0.29) is 0 Å². The van der Waals surface area contributed by atoms with Gasteiger partial charge in [-0.3, -0.25) is 0 Å². The summed E-state index contributed by atoms with van der Waals surface area (Å²) in [4.78, 5) is 5.69. The number of ether oxygens (including phenoxy) is 2. The molecule has 0 fully saturated rings. The van der Waals surface area contributed by atoms with Crippen LogP contribution in [0.25, 0.3) is 26.8 Å². The second-order valence-corrected chi connectivity index (χ2v) is 7.39.